The first-order chi connectivity index (χ1) is 10.9. The number of aromatic nitrogens is 2. The molecule has 7 heteroatoms. The van der Waals surface area contributed by atoms with Gasteiger partial charge < -0.3 is 15.2 Å². The molecule has 1 heterocycles. The summed E-state index contributed by atoms with van der Waals surface area (Å²) in [6.45, 7) is 7.75. The summed E-state index contributed by atoms with van der Waals surface area (Å²) < 4.78 is 18.1. The first-order valence-electron chi connectivity index (χ1n) is 7.53. The van der Waals surface area contributed by atoms with Crippen LogP contribution in [-0.4, -0.2) is 22.2 Å². The fourth-order valence-corrected chi connectivity index (χ4v) is 1.80. The van der Waals surface area contributed by atoms with E-state index < -0.39 is 6.04 Å². The summed E-state index contributed by atoms with van der Waals surface area (Å²) in [5.74, 6) is 0.647. The Bertz CT molecular complexity index is 654. The molecule has 2 amide bonds. The summed E-state index contributed by atoms with van der Waals surface area (Å²) in [6, 6.07) is 5.12. The van der Waals surface area contributed by atoms with Crippen molar-refractivity contribution in [2.75, 3.05) is 0 Å². The van der Waals surface area contributed by atoms with Crippen LogP contribution in [0.3, 0.4) is 0 Å². The average molecular weight is 320 g/mol. The largest absolute Gasteiger partial charge is 0.337 e. The van der Waals surface area contributed by atoms with Gasteiger partial charge in [0.15, 0.2) is 0 Å². The van der Waals surface area contributed by atoms with E-state index in [0.29, 0.717) is 17.3 Å². The second-order valence-corrected chi connectivity index (χ2v) is 5.84. The predicted octanol–water partition coefficient (Wildman–Crippen LogP) is 3.28. The van der Waals surface area contributed by atoms with Gasteiger partial charge in [0.2, 0.25) is 11.7 Å². The van der Waals surface area contributed by atoms with E-state index in [1.54, 1.807) is 19.1 Å². The molecule has 0 bridgehead atoms. The van der Waals surface area contributed by atoms with E-state index in [1.807, 2.05) is 20.8 Å². The van der Waals surface area contributed by atoms with Gasteiger partial charge in [-0.3, -0.25) is 0 Å². The lowest BCUT2D eigenvalue weighted by molar-refractivity contribution is 0.228. The van der Waals surface area contributed by atoms with Crippen LogP contribution in [0, 0.1) is 11.7 Å². The van der Waals surface area contributed by atoms with Gasteiger partial charge in [0.05, 0.1) is 0 Å². The summed E-state index contributed by atoms with van der Waals surface area (Å²) in [6.07, 6.45) is 0. The number of nitrogens with one attached hydrogen (secondary N) is 2. The normalized spacial score (nSPS) is 13.7. The Balaban J connectivity index is 1.99. The van der Waals surface area contributed by atoms with E-state index in [1.165, 1.54) is 12.1 Å². The number of nitrogens with zero attached hydrogens (tertiary/aromatic N) is 2. The van der Waals surface area contributed by atoms with E-state index in [9.17, 15) is 9.18 Å². The molecule has 6 nitrogen and oxygen atoms in total. The van der Waals surface area contributed by atoms with E-state index in [0.717, 1.165) is 0 Å². The highest BCUT2D eigenvalue weighted by Gasteiger charge is 2.18. The smallest absolute Gasteiger partial charge is 0.315 e. The van der Waals surface area contributed by atoms with Crippen molar-refractivity contribution < 1.29 is 13.7 Å². The number of urea groups is 1. The molecule has 23 heavy (non-hydrogen) atoms. The van der Waals surface area contributed by atoms with Crippen LogP contribution >= 0.6 is 0 Å². The zero-order chi connectivity index (χ0) is 17.0. The highest BCUT2D eigenvalue weighted by atomic mass is 19.1. The van der Waals surface area contributed by atoms with Gasteiger partial charge in [-0.2, -0.15) is 4.98 Å². The molecule has 2 rings (SSSR count). The van der Waals surface area contributed by atoms with E-state index >= 15 is 0 Å². The van der Waals surface area contributed by atoms with E-state index in [-0.39, 0.29) is 23.8 Å². The van der Waals surface area contributed by atoms with Crippen molar-refractivity contribution in [3.05, 3.63) is 36.0 Å². The molecule has 0 aliphatic rings. The van der Waals surface area contributed by atoms with Crippen LogP contribution in [0.1, 0.15) is 39.6 Å². The van der Waals surface area contributed by atoms with Crippen molar-refractivity contribution in [2.24, 2.45) is 5.92 Å². The number of carbonyl (C=O) groups is 1. The Morgan fingerprint density at radius 2 is 1.78 bits per heavy atom. The molecule has 124 valence electrons. The minimum Gasteiger partial charge on any atom is -0.337 e. The number of benzene rings is 1. The molecule has 0 spiro atoms. The molecule has 0 saturated carbocycles. The third-order valence-corrected chi connectivity index (χ3v) is 3.62. The molecule has 0 radical (unpaired) electrons. The molecule has 2 N–H and O–H groups in total. The molecule has 0 saturated heterocycles. The molecular formula is C16H21FN4O2. The minimum atomic E-state index is -0.434. The Kier molecular flexibility index (Phi) is 5.31. The van der Waals surface area contributed by atoms with Gasteiger partial charge in [-0.1, -0.05) is 19.0 Å². The van der Waals surface area contributed by atoms with Crippen molar-refractivity contribution in [1.82, 2.24) is 20.8 Å². The Morgan fingerprint density at radius 1 is 1.13 bits per heavy atom. The molecule has 0 aliphatic heterocycles. The summed E-state index contributed by atoms with van der Waals surface area (Å²) in [7, 11) is 0. The number of halogens is 1. The molecule has 1 aromatic heterocycles. The summed E-state index contributed by atoms with van der Waals surface area (Å²) in [5.41, 5.74) is 0.645. The number of hydrogen-bond donors (Lipinski definition) is 2. The second kappa shape index (κ2) is 7.21. The van der Waals surface area contributed by atoms with Crippen molar-refractivity contribution in [2.45, 2.75) is 39.8 Å². The first kappa shape index (κ1) is 16.9. The van der Waals surface area contributed by atoms with Crippen molar-refractivity contribution in [1.29, 1.82) is 0 Å². The fourth-order valence-electron chi connectivity index (χ4n) is 1.80. The van der Waals surface area contributed by atoms with Crippen LogP contribution < -0.4 is 10.6 Å². The minimum absolute atomic E-state index is 0.0552. The van der Waals surface area contributed by atoms with Crippen LogP contribution in [0.4, 0.5) is 9.18 Å². The molecule has 0 aliphatic carbocycles. The number of amides is 2. The molecule has 0 fully saturated rings. The van der Waals surface area contributed by atoms with Crippen LogP contribution in [0.5, 0.6) is 0 Å². The highest BCUT2D eigenvalue weighted by Crippen LogP contribution is 2.18. The maximum atomic E-state index is 12.9. The summed E-state index contributed by atoms with van der Waals surface area (Å²) in [4.78, 5) is 16.1. The molecule has 0 unspecified atom stereocenters. The Morgan fingerprint density at radius 3 is 2.39 bits per heavy atom. The topological polar surface area (TPSA) is 80.0 Å². The number of carbonyl (C=O) groups excluding carboxylic acids is 1. The van der Waals surface area contributed by atoms with Gasteiger partial charge in [-0.15, -0.1) is 0 Å². The zero-order valence-corrected chi connectivity index (χ0v) is 13.6. The molecule has 2 aromatic rings. The molecule has 1 aromatic carbocycles. The third-order valence-electron chi connectivity index (χ3n) is 3.62. The second-order valence-electron chi connectivity index (χ2n) is 5.84. The average Bonchev–Trinajstić information content (AvgIpc) is 2.97. The maximum Gasteiger partial charge on any atom is 0.315 e. The summed E-state index contributed by atoms with van der Waals surface area (Å²) in [5, 5.41) is 9.45. The lowest BCUT2D eigenvalue weighted by Crippen LogP contribution is -2.43. The molecule has 2 atom stereocenters. The predicted molar refractivity (Wildman–Crippen MR) is 84.1 cm³/mol. The van der Waals surface area contributed by atoms with E-state index in [2.05, 4.69) is 20.8 Å². The van der Waals surface area contributed by atoms with Crippen LogP contribution in [-0.2, 0) is 0 Å². The van der Waals surface area contributed by atoms with E-state index in [4.69, 9.17) is 4.52 Å². The first-order valence-corrected chi connectivity index (χ1v) is 7.53. The van der Waals surface area contributed by atoms with Gasteiger partial charge in [-0.25, -0.2) is 9.18 Å². The van der Waals surface area contributed by atoms with Crippen molar-refractivity contribution in [3.63, 3.8) is 0 Å². The fraction of sp³-hybridized carbons (Fsp3) is 0.438. The van der Waals surface area contributed by atoms with Crippen molar-refractivity contribution >= 4 is 6.03 Å². The Labute approximate surface area is 134 Å². The monoisotopic (exact) mass is 320 g/mol. The lowest BCUT2D eigenvalue weighted by Gasteiger charge is -2.19. The lowest BCUT2D eigenvalue weighted by atomic mass is 10.1. The van der Waals surface area contributed by atoms with Crippen molar-refractivity contribution in [3.8, 4) is 11.4 Å². The van der Waals surface area contributed by atoms with Crippen LogP contribution in [0.2, 0.25) is 0 Å². The number of hydrogen-bond acceptors (Lipinski definition) is 4. The van der Waals surface area contributed by atoms with Gasteiger partial charge in [-0.05, 0) is 44.0 Å². The van der Waals surface area contributed by atoms with Crippen LogP contribution in [0.25, 0.3) is 11.4 Å². The van der Waals surface area contributed by atoms with Crippen LogP contribution in [0.15, 0.2) is 28.8 Å². The standard InChI is InChI=1S/C16H21FN4O2/c1-9(2)10(3)18-16(22)19-11(4)15-20-14(21-23-15)12-5-7-13(17)8-6-12/h5-11H,1-4H3,(H2,18,19,22)/t10-,11+/m0/s1. The number of rotatable bonds is 5. The maximum absolute atomic E-state index is 12.9. The summed E-state index contributed by atoms with van der Waals surface area (Å²) >= 11 is 0. The van der Waals surface area contributed by atoms with Gasteiger partial charge in [0, 0.05) is 11.6 Å². The highest BCUT2D eigenvalue weighted by molar-refractivity contribution is 5.74. The van der Waals surface area contributed by atoms with Gasteiger partial charge in [0.25, 0.3) is 0 Å². The Hall–Kier alpha value is -2.44. The van der Waals surface area contributed by atoms with Gasteiger partial charge in [0.1, 0.15) is 11.9 Å². The SMILES string of the molecule is CC(C)[C@H](C)NC(=O)N[C@H](C)c1nc(-c2ccc(F)cc2)no1. The third kappa shape index (κ3) is 4.51. The molecular weight excluding hydrogens is 299 g/mol. The van der Waals surface area contributed by atoms with Gasteiger partial charge >= 0.3 is 6.03 Å². The zero-order valence-electron chi connectivity index (χ0n) is 13.6. The quantitative estimate of drug-likeness (QED) is 0.886.